The minimum atomic E-state index is 0.552. The maximum absolute atomic E-state index is 3.47. The molecule has 2 unspecified atom stereocenters. The lowest BCUT2D eigenvalue weighted by Crippen LogP contribution is -2.28. The molecule has 0 amide bonds. The molecule has 1 aliphatic heterocycles. The van der Waals surface area contributed by atoms with E-state index in [4.69, 9.17) is 0 Å². The van der Waals surface area contributed by atoms with Crippen molar-refractivity contribution in [2.45, 2.75) is 25.8 Å². The molecule has 0 aromatic heterocycles. The van der Waals surface area contributed by atoms with Crippen LogP contribution in [0.4, 0.5) is 0 Å². The van der Waals surface area contributed by atoms with Crippen LogP contribution >= 0.6 is 0 Å². The molecule has 2 rings (SSSR count). The van der Waals surface area contributed by atoms with E-state index in [1.54, 1.807) is 0 Å². The summed E-state index contributed by atoms with van der Waals surface area (Å²) in [6.07, 6.45) is 2.41. The maximum Gasteiger partial charge on any atom is 0.0382 e. The van der Waals surface area contributed by atoms with Crippen molar-refractivity contribution in [1.29, 1.82) is 0 Å². The Labute approximate surface area is 105 Å². The average Bonchev–Trinajstić information content (AvgIpc) is 2.83. The molecule has 1 aromatic carbocycles. The summed E-state index contributed by atoms with van der Waals surface area (Å²) in [5.41, 5.74) is 2.89. The fraction of sp³-hybridized carbons (Fsp3) is 0.600. The van der Waals surface area contributed by atoms with Gasteiger partial charge in [0, 0.05) is 6.04 Å². The minimum Gasteiger partial charge on any atom is -0.316 e. The van der Waals surface area contributed by atoms with Crippen LogP contribution in [0.25, 0.3) is 0 Å². The van der Waals surface area contributed by atoms with Crippen LogP contribution in [0.15, 0.2) is 24.3 Å². The molecule has 2 heteroatoms. The van der Waals surface area contributed by atoms with E-state index < -0.39 is 0 Å². The zero-order chi connectivity index (χ0) is 12.3. The number of hydrogen-bond donors (Lipinski definition) is 1. The van der Waals surface area contributed by atoms with Gasteiger partial charge >= 0.3 is 0 Å². The Morgan fingerprint density at radius 3 is 2.47 bits per heavy atom. The fourth-order valence-electron chi connectivity index (χ4n) is 2.89. The van der Waals surface area contributed by atoms with E-state index in [1.165, 1.54) is 24.1 Å². The van der Waals surface area contributed by atoms with Crippen LogP contribution < -0.4 is 5.32 Å². The van der Waals surface area contributed by atoms with Crippen LogP contribution in [0.5, 0.6) is 0 Å². The Bertz CT molecular complexity index is 336. The minimum absolute atomic E-state index is 0.552. The van der Waals surface area contributed by atoms with Crippen molar-refractivity contribution in [3.05, 3.63) is 35.4 Å². The first-order valence-corrected chi connectivity index (χ1v) is 6.68. The first kappa shape index (κ1) is 12.6. The van der Waals surface area contributed by atoms with Gasteiger partial charge in [0.25, 0.3) is 0 Å². The molecule has 94 valence electrons. The van der Waals surface area contributed by atoms with E-state index in [9.17, 15) is 0 Å². The van der Waals surface area contributed by atoms with E-state index in [1.807, 2.05) is 0 Å². The summed E-state index contributed by atoms with van der Waals surface area (Å²) in [5, 5.41) is 3.47. The van der Waals surface area contributed by atoms with E-state index in [2.05, 4.69) is 55.5 Å². The number of nitrogens with zero attached hydrogens (tertiary/aromatic N) is 1. The Balaban J connectivity index is 2.19. The molecule has 0 bridgehead atoms. The molecule has 2 nitrogen and oxygen atoms in total. The summed E-state index contributed by atoms with van der Waals surface area (Å²) in [6, 6.07) is 9.71. The Hall–Kier alpha value is -0.860. The molecule has 1 aliphatic rings. The summed E-state index contributed by atoms with van der Waals surface area (Å²) in [4.78, 5) is 2.36. The summed E-state index contributed by atoms with van der Waals surface area (Å²) in [5.74, 6) is 0.748. The van der Waals surface area contributed by atoms with E-state index in [0.717, 1.165) is 18.9 Å². The van der Waals surface area contributed by atoms with Gasteiger partial charge in [-0.1, -0.05) is 31.2 Å². The highest BCUT2D eigenvalue weighted by Crippen LogP contribution is 2.30. The molecule has 1 fully saturated rings. The van der Waals surface area contributed by atoms with Gasteiger partial charge in [0.05, 0.1) is 0 Å². The van der Waals surface area contributed by atoms with Crippen molar-refractivity contribution in [1.82, 2.24) is 10.2 Å². The van der Waals surface area contributed by atoms with E-state index in [0.29, 0.717) is 6.04 Å². The SMILES string of the molecule is CCc1ccc(C(C2CCNC2)N(C)C)cc1. The van der Waals surface area contributed by atoms with Crippen LogP contribution in [0.2, 0.25) is 0 Å². The van der Waals surface area contributed by atoms with Crippen molar-refractivity contribution in [2.75, 3.05) is 27.2 Å². The van der Waals surface area contributed by atoms with Crippen LogP contribution in [0.1, 0.15) is 30.5 Å². The van der Waals surface area contributed by atoms with Crippen LogP contribution in [0.3, 0.4) is 0 Å². The smallest absolute Gasteiger partial charge is 0.0382 e. The molecule has 0 saturated carbocycles. The number of aryl methyl sites for hydroxylation is 1. The molecular weight excluding hydrogens is 208 g/mol. The van der Waals surface area contributed by atoms with E-state index in [-0.39, 0.29) is 0 Å². The van der Waals surface area contributed by atoms with Crippen molar-refractivity contribution >= 4 is 0 Å². The zero-order valence-corrected chi connectivity index (χ0v) is 11.2. The second kappa shape index (κ2) is 5.65. The fourth-order valence-corrected chi connectivity index (χ4v) is 2.89. The van der Waals surface area contributed by atoms with Gasteiger partial charge in [-0.3, -0.25) is 0 Å². The van der Waals surface area contributed by atoms with Gasteiger partial charge in [-0.2, -0.15) is 0 Å². The molecule has 17 heavy (non-hydrogen) atoms. The molecule has 0 spiro atoms. The van der Waals surface area contributed by atoms with Crippen LogP contribution in [-0.4, -0.2) is 32.1 Å². The third kappa shape index (κ3) is 2.88. The quantitative estimate of drug-likeness (QED) is 0.858. The predicted octanol–water partition coefficient (Wildman–Crippen LogP) is 2.46. The van der Waals surface area contributed by atoms with Gasteiger partial charge in [-0.15, -0.1) is 0 Å². The van der Waals surface area contributed by atoms with Gasteiger partial charge < -0.3 is 10.2 Å². The average molecular weight is 232 g/mol. The van der Waals surface area contributed by atoms with E-state index >= 15 is 0 Å². The maximum atomic E-state index is 3.47. The Morgan fingerprint density at radius 1 is 1.29 bits per heavy atom. The summed E-state index contributed by atoms with van der Waals surface area (Å²) < 4.78 is 0. The van der Waals surface area contributed by atoms with Gasteiger partial charge in [0.1, 0.15) is 0 Å². The lowest BCUT2D eigenvalue weighted by Gasteiger charge is -2.30. The number of benzene rings is 1. The Morgan fingerprint density at radius 2 is 2.00 bits per heavy atom. The predicted molar refractivity (Wildman–Crippen MR) is 73.2 cm³/mol. The second-order valence-electron chi connectivity index (χ2n) is 5.26. The molecule has 2 atom stereocenters. The molecule has 0 radical (unpaired) electrons. The normalized spacial score (nSPS) is 22.0. The number of rotatable bonds is 4. The van der Waals surface area contributed by atoms with Crippen molar-refractivity contribution < 1.29 is 0 Å². The highest BCUT2D eigenvalue weighted by molar-refractivity contribution is 5.26. The van der Waals surface area contributed by atoms with Crippen molar-refractivity contribution in [3.63, 3.8) is 0 Å². The Kier molecular flexibility index (Phi) is 4.19. The molecule has 1 saturated heterocycles. The van der Waals surface area contributed by atoms with Gasteiger partial charge in [0.15, 0.2) is 0 Å². The largest absolute Gasteiger partial charge is 0.316 e. The second-order valence-corrected chi connectivity index (χ2v) is 5.26. The van der Waals surface area contributed by atoms with Crippen LogP contribution in [0, 0.1) is 5.92 Å². The number of nitrogens with one attached hydrogen (secondary N) is 1. The molecular formula is C15H24N2. The molecule has 0 aliphatic carbocycles. The molecule has 1 N–H and O–H groups in total. The standard InChI is InChI=1S/C15H24N2/c1-4-12-5-7-13(8-6-12)15(17(2)3)14-9-10-16-11-14/h5-8,14-16H,4,9-11H2,1-3H3. The molecule has 1 aromatic rings. The first-order chi connectivity index (χ1) is 8.22. The summed E-state index contributed by atoms with van der Waals surface area (Å²) >= 11 is 0. The zero-order valence-electron chi connectivity index (χ0n) is 11.2. The highest BCUT2D eigenvalue weighted by atomic mass is 15.1. The lowest BCUT2D eigenvalue weighted by atomic mass is 9.91. The van der Waals surface area contributed by atoms with Crippen molar-refractivity contribution in [2.24, 2.45) is 5.92 Å². The summed E-state index contributed by atoms with van der Waals surface area (Å²) in [7, 11) is 4.38. The van der Waals surface area contributed by atoms with Gasteiger partial charge in [0.2, 0.25) is 0 Å². The van der Waals surface area contributed by atoms with Gasteiger partial charge in [-0.05, 0) is 57.1 Å². The lowest BCUT2D eigenvalue weighted by molar-refractivity contribution is 0.223. The topological polar surface area (TPSA) is 15.3 Å². The third-order valence-electron chi connectivity index (χ3n) is 3.83. The van der Waals surface area contributed by atoms with Crippen LogP contribution in [-0.2, 0) is 6.42 Å². The number of hydrogen-bond acceptors (Lipinski definition) is 2. The third-order valence-corrected chi connectivity index (χ3v) is 3.83. The van der Waals surface area contributed by atoms with Crippen molar-refractivity contribution in [3.8, 4) is 0 Å². The first-order valence-electron chi connectivity index (χ1n) is 6.68. The highest BCUT2D eigenvalue weighted by Gasteiger charge is 2.27. The molecule has 1 heterocycles. The van der Waals surface area contributed by atoms with Gasteiger partial charge in [-0.25, -0.2) is 0 Å². The monoisotopic (exact) mass is 232 g/mol. The summed E-state index contributed by atoms with van der Waals surface area (Å²) in [6.45, 7) is 4.53.